The zero-order valence-corrected chi connectivity index (χ0v) is 19.4. The number of hydrogen-bond donors (Lipinski definition) is 2. The van der Waals surface area contributed by atoms with Crippen LogP contribution in [0.1, 0.15) is 46.5 Å². The summed E-state index contributed by atoms with van der Waals surface area (Å²) in [6, 6.07) is 4.58. The fraction of sp³-hybridized carbons (Fsp3) is 0.619. The van der Waals surface area contributed by atoms with Crippen molar-refractivity contribution < 1.29 is 22.7 Å². The summed E-state index contributed by atoms with van der Waals surface area (Å²) in [5, 5.41) is 2.78. The van der Waals surface area contributed by atoms with Crippen molar-refractivity contribution in [1.82, 2.24) is 9.21 Å². The van der Waals surface area contributed by atoms with Crippen LogP contribution in [0.25, 0.3) is 0 Å². The molecule has 1 unspecified atom stereocenters. The van der Waals surface area contributed by atoms with Crippen LogP contribution in [0.15, 0.2) is 23.1 Å². The number of primary amides is 1. The van der Waals surface area contributed by atoms with Crippen LogP contribution in [0.4, 0.5) is 5.69 Å². The third-order valence-corrected chi connectivity index (χ3v) is 7.45. The molecule has 0 aromatic heterocycles. The number of likely N-dealkylation sites (tertiary alicyclic amines) is 1. The number of carbonyl (C=O) groups excluding carboxylic acids is 2. The SMILES string of the molecule is CCOc1ccc(NC(=O)CN2CCCCC2CC(N)=O)cc1S(=O)(=O)N(CC)CC. The molecular formula is C21H34N4O5S. The Hall–Kier alpha value is -2.17. The molecule has 0 spiro atoms. The summed E-state index contributed by atoms with van der Waals surface area (Å²) in [6.07, 6.45) is 3.01. The average molecular weight is 455 g/mol. The van der Waals surface area contributed by atoms with Crippen LogP contribution in [0.3, 0.4) is 0 Å². The van der Waals surface area contributed by atoms with Gasteiger partial charge in [0.25, 0.3) is 0 Å². The van der Waals surface area contributed by atoms with Gasteiger partial charge in [-0.3, -0.25) is 14.5 Å². The van der Waals surface area contributed by atoms with Gasteiger partial charge in [-0.15, -0.1) is 0 Å². The number of rotatable bonds is 11. The molecule has 10 heteroatoms. The predicted octanol–water partition coefficient (Wildman–Crippen LogP) is 1.78. The third kappa shape index (κ3) is 6.65. The van der Waals surface area contributed by atoms with Crippen LogP contribution < -0.4 is 15.8 Å². The maximum Gasteiger partial charge on any atom is 0.246 e. The van der Waals surface area contributed by atoms with Crippen LogP contribution in [-0.4, -0.2) is 68.3 Å². The molecule has 1 fully saturated rings. The fourth-order valence-electron chi connectivity index (χ4n) is 3.88. The number of anilines is 1. The molecule has 0 bridgehead atoms. The Labute approximate surface area is 185 Å². The number of benzene rings is 1. The number of nitrogens with two attached hydrogens (primary N) is 1. The highest BCUT2D eigenvalue weighted by Gasteiger charge is 2.28. The van der Waals surface area contributed by atoms with Gasteiger partial charge < -0.3 is 15.8 Å². The van der Waals surface area contributed by atoms with Crippen LogP contribution in [0.5, 0.6) is 5.75 Å². The average Bonchev–Trinajstić information content (AvgIpc) is 2.71. The van der Waals surface area contributed by atoms with Gasteiger partial charge in [0.2, 0.25) is 21.8 Å². The first-order chi connectivity index (χ1) is 14.7. The lowest BCUT2D eigenvalue weighted by Gasteiger charge is -2.34. The number of nitrogens with one attached hydrogen (secondary N) is 1. The Kier molecular flexibility index (Phi) is 9.27. The van der Waals surface area contributed by atoms with E-state index >= 15 is 0 Å². The van der Waals surface area contributed by atoms with Crippen LogP contribution in [0, 0.1) is 0 Å². The van der Waals surface area contributed by atoms with E-state index in [0.717, 1.165) is 25.8 Å². The van der Waals surface area contributed by atoms with Crippen molar-refractivity contribution in [2.24, 2.45) is 5.73 Å². The van der Waals surface area contributed by atoms with E-state index in [2.05, 4.69) is 5.32 Å². The van der Waals surface area contributed by atoms with Crippen molar-refractivity contribution in [3.05, 3.63) is 18.2 Å². The van der Waals surface area contributed by atoms with E-state index in [0.29, 0.717) is 25.4 Å². The number of amides is 2. The van der Waals surface area contributed by atoms with Gasteiger partial charge in [0.15, 0.2) is 0 Å². The maximum atomic E-state index is 13.1. The molecule has 3 N–H and O–H groups in total. The minimum atomic E-state index is -3.77. The van der Waals surface area contributed by atoms with Crippen molar-refractivity contribution in [3.8, 4) is 5.75 Å². The van der Waals surface area contributed by atoms with E-state index in [1.54, 1.807) is 32.9 Å². The quantitative estimate of drug-likeness (QED) is 0.526. The van der Waals surface area contributed by atoms with Gasteiger partial charge in [-0.25, -0.2) is 8.42 Å². The lowest BCUT2D eigenvalue weighted by atomic mass is 9.99. The van der Waals surface area contributed by atoms with E-state index < -0.39 is 10.0 Å². The summed E-state index contributed by atoms with van der Waals surface area (Å²) in [5.41, 5.74) is 5.72. The van der Waals surface area contributed by atoms with E-state index in [-0.39, 0.29) is 41.5 Å². The van der Waals surface area contributed by atoms with Crippen molar-refractivity contribution >= 4 is 27.5 Å². The molecule has 1 aliphatic rings. The summed E-state index contributed by atoms with van der Waals surface area (Å²) in [4.78, 5) is 26.0. The molecule has 1 heterocycles. The molecule has 174 valence electrons. The molecule has 1 aliphatic heterocycles. The Bertz CT molecular complexity index is 871. The lowest BCUT2D eigenvalue weighted by Crippen LogP contribution is -2.45. The van der Waals surface area contributed by atoms with E-state index in [9.17, 15) is 18.0 Å². The molecule has 0 radical (unpaired) electrons. The first-order valence-corrected chi connectivity index (χ1v) is 12.3. The third-order valence-electron chi connectivity index (χ3n) is 5.38. The molecule has 1 aromatic carbocycles. The van der Waals surface area contributed by atoms with Gasteiger partial charge in [-0.1, -0.05) is 20.3 Å². The normalized spacial score (nSPS) is 17.5. The molecule has 31 heavy (non-hydrogen) atoms. The van der Waals surface area contributed by atoms with Gasteiger partial charge in [0.1, 0.15) is 10.6 Å². The molecule has 0 saturated carbocycles. The van der Waals surface area contributed by atoms with Crippen molar-refractivity contribution in [2.45, 2.75) is 57.4 Å². The molecule has 9 nitrogen and oxygen atoms in total. The summed E-state index contributed by atoms with van der Waals surface area (Å²) in [7, 11) is -3.77. The topological polar surface area (TPSA) is 122 Å². The summed E-state index contributed by atoms with van der Waals surface area (Å²) in [5.74, 6) is -0.397. The highest BCUT2D eigenvalue weighted by molar-refractivity contribution is 7.89. The molecule has 0 aliphatic carbocycles. The maximum absolute atomic E-state index is 13.1. The van der Waals surface area contributed by atoms with Crippen molar-refractivity contribution in [1.29, 1.82) is 0 Å². The number of nitrogens with zero attached hydrogens (tertiary/aromatic N) is 2. The van der Waals surface area contributed by atoms with Crippen molar-refractivity contribution in [2.75, 3.05) is 38.1 Å². The molecule has 1 atom stereocenters. The molecule has 2 rings (SSSR count). The molecular weight excluding hydrogens is 420 g/mol. The monoisotopic (exact) mass is 454 g/mol. The minimum absolute atomic E-state index is 0.0282. The van der Waals surface area contributed by atoms with Crippen LogP contribution in [-0.2, 0) is 19.6 Å². The second-order valence-electron chi connectivity index (χ2n) is 7.52. The Morgan fingerprint density at radius 2 is 1.94 bits per heavy atom. The van der Waals surface area contributed by atoms with Crippen molar-refractivity contribution in [3.63, 3.8) is 0 Å². The zero-order valence-electron chi connectivity index (χ0n) is 18.6. The Balaban J connectivity index is 2.21. The van der Waals surface area contributed by atoms with Gasteiger partial charge in [-0.2, -0.15) is 4.31 Å². The molecule has 2 amide bonds. The summed E-state index contributed by atoms with van der Waals surface area (Å²) in [6.45, 7) is 7.14. The smallest absolute Gasteiger partial charge is 0.246 e. The fourth-order valence-corrected chi connectivity index (χ4v) is 5.50. The first kappa shape index (κ1) is 25.1. The van der Waals surface area contributed by atoms with E-state index in [1.165, 1.54) is 10.4 Å². The second kappa shape index (κ2) is 11.4. The summed E-state index contributed by atoms with van der Waals surface area (Å²) < 4.78 is 33.0. The van der Waals surface area contributed by atoms with E-state index in [4.69, 9.17) is 10.5 Å². The molecule has 1 aromatic rings. The Morgan fingerprint density at radius 3 is 2.55 bits per heavy atom. The number of carbonyl (C=O) groups is 2. The largest absolute Gasteiger partial charge is 0.492 e. The second-order valence-corrected chi connectivity index (χ2v) is 9.43. The lowest BCUT2D eigenvalue weighted by molar-refractivity contribution is -0.122. The van der Waals surface area contributed by atoms with Gasteiger partial charge in [0.05, 0.1) is 13.2 Å². The summed E-state index contributed by atoms with van der Waals surface area (Å²) >= 11 is 0. The first-order valence-electron chi connectivity index (χ1n) is 10.8. The number of hydrogen-bond acceptors (Lipinski definition) is 6. The van der Waals surface area contributed by atoms with Gasteiger partial charge in [-0.05, 0) is 44.5 Å². The number of piperidine rings is 1. The number of ether oxygens (including phenoxy) is 1. The predicted molar refractivity (Wildman–Crippen MR) is 119 cm³/mol. The number of sulfonamides is 1. The molecule has 1 saturated heterocycles. The van der Waals surface area contributed by atoms with Gasteiger partial charge >= 0.3 is 0 Å². The standard InChI is InChI=1S/C21H34N4O5S/c1-4-25(5-2)31(28,29)19-13-16(10-11-18(19)30-6-3)23-21(27)15-24-12-8-7-9-17(24)14-20(22)26/h10-11,13,17H,4-9,12,14-15H2,1-3H3,(H2,22,26)(H,23,27). The van der Waals surface area contributed by atoms with Crippen LogP contribution >= 0.6 is 0 Å². The Morgan fingerprint density at radius 1 is 1.23 bits per heavy atom. The highest BCUT2D eigenvalue weighted by Crippen LogP contribution is 2.30. The van der Waals surface area contributed by atoms with Gasteiger partial charge in [0, 0.05) is 31.2 Å². The highest BCUT2D eigenvalue weighted by atomic mass is 32.2. The zero-order chi connectivity index (χ0) is 23.0. The van der Waals surface area contributed by atoms with E-state index in [1.807, 2.05) is 4.90 Å². The van der Waals surface area contributed by atoms with Crippen LogP contribution in [0.2, 0.25) is 0 Å². The minimum Gasteiger partial charge on any atom is -0.492 e.